The molecule has 1 aliphatic heterocycles. The average molecular weight is 304 g/mol. The molecule has 1 saturated heterocycles. The van der Waals surface area contributed by atoms with Gasteiger partial charge in [-0.2, -0.15) is 0 Å². The third kappa shape index (κ3) is 3.45. The van der Waals surface area contributed by atoms with Crippen molar-refractivity contribution in [1.29, 1.82) is 0 Å². The molecule has 7 heteroatoms. The van der Waals surface area contributed by atoms with Crippen molar-refractivity contribution in [2.24, 2.45) is 0 Å². The van der Waals surface area contributed by atoms with Gasteiger partial charge in [-0.05, 0) is 27.7 Å². The fraction of sp³-hybridized carbons (Fsp3) is 0.692. The Bertz CT molecular complexity index is 511. The van der Waals surface area contributed by atoms with Crippen LogP contribution in [0.1, 0.15) is 43.9 Å². The Morgan fingerprint density at radius 2 is 2.20 bits per heavy atom. The van der Waals surface area contributed by atoms with Gasteiger partial charge in [0.2, 0.25) is 0 Å². The van der Waals surface area contributed by atoms with Gasteiger partial charge < -0.3 is 4.74 Å². The molecule has 1 aromatic rings. The van der Waals surface area contributed by atoms with Gasteiger partial charge in [0.25, 0.3) is 5.92 Å². The zero-order valence-corrected chi connectivity index (χ0v) is 12.8. The first-order chi connectivity index (χ1) is 9.07. The predicted octanol–water partition coefficient (Wildman–Crippen LogP) is 3.77. The van der Waals surface area contributed by atoms with Gasteiger partial charge >= 0.3 is 6.09 Å². The molecule has 4 nitrogen and oxygen atoms in total. The number of aromatic nitrogens is 1. The number of likely N-dealkylation sites (tertiary alicyclic amines) is 1. The molecule has 0 N–H and O–H groups in total. The summed E-state index contributed by atoms with van der Waals surface area (Å²) in [6.45, 7) is 6.31. The van der Waals surface area contributed by atoms with Crippen molar-refractivity contribution in [3.8, 4) is 0 Å². The quantitative estimate of drug-likeness (QED) is 0.793. The molecule has 112 valence electrons. The molecule has 0 bridgehead atoms. The second-order valence-corrected chi connectivity index (χ2v) is 6.90. The number of amides is 1. The largest absolute Gasteiger partial charge is 0.444 e. The number of nitrogens with zero attached hydrogens (tertiary/aromatic N) is 2. The first-order valence-corrected chi connectivity index (χ1v) is 7.25. The van der Waals surface area contributed by atoms with Crippen LogP contribution >= 0.6 is 11.3 Å². The minimum absolute atomic E-state index is 0.404. The summed E-state index contributed by atoms with van der Waals surface area (Å²) in [4.78, 5) is 17.4. The Kier molecular flexibility index (Phi) is 3.75. The number of hydrogen-bond acceptors (Lipinski definition) is 4. The van der Waals surface area contributed by atoms with Gasteiger partial charge in [-0.1, -0.05) is 0 Å². The van der Waals surface area contributed by atoms with E-state index in [0.29, 0.717) is 5.01 Å². The van der Waals surface area contributed by atoms with E-state index in [0.717, 1.165) is 10.6 Å². The number of thiazole rings is 1. The van der Waals surface area contributed by atoms with E-state index in [9.17, 15) is 13.6 Å². The zero-order valence-electron chi connectivity index (χ0n) is 11.9. The van der Waals surface area contributed by atoms with E-state index in [1.54, 1.807) is 33.1 Å². The van der Waals surface area contributed by atoms with E-state index >= 15 is 0 Å². The van der Waals surface area contributed by atoms with Crippen LogP contribution in [0.5, 0.6) is 0 Å². The van der Waals surface area contributed by atoms with Crippen molar-refractivity contribution in [3.05, 3.63) is 16.1 Å². The fourth-order valence-electron chi connectivity index (χ4n) is 2.08. The van der Waals surface area contributed by atoms with Gasteiger partial charge in [-0.25, -0.2) is 18.6 Å². The highest BCUT2D eigenvalue weighted by atomic mass is 32.1. The van der Waals surface area contributed by atoms with E-state index in [2.05, 4.69) is 4.98 Å². The monoisotopic (exact) mass is 304 g/mol. The summed E-state index contributed by atoms with van der Waals surface area (Å²) in [7, 11) is 0. The second-order valence-electron chi connectivity index (χ2n) is 6.01. The molecule has 0 saturated carbocycles. The van der Waals surface area contributed by atoms with Crippen LogP contribution in [0.3, 0.4) is 0 Å². The normalized spacial score (nSPS) is 22.1. The molecule has 1 aliphatic rings. The molecule has 1 amide bonds. The van der Waals surface area contributed by atoms with Crippen molar-refractivity contribution >= 4 is 17.4 Å². The lowest BCUT2D eigenvalue weighted by atomic mass is 10.2. The number of halogens is 2. The SMILES string of the molecule is Cc1csc(C2CC(F)(F)CN2C(=O)OC(C)(C)C)n1. The minimum Gasteiger partial charge on any atom is -0.444 e. The highest BCUT2D eigenvalue weighted by Gasteiger charge is 2.49. The van der Waals surface area contributed by atoms with Crippen LogP contribution in [-0.4, -0.2) is 34.0 Å². The maximum Gasteiger partial charge on any atom is 0.411 e. The van der Waals surface area contributed by atoms with Gasteiger partial charge in [-0.3, -0.25) is 4.90 Å². The summed E-state index contributed by atoms with van der Waals surface area (Å²) in [5.41, 5.74) is 0.0579. The summed E-state index contributed by atoms with van der Waals surface area (Å²) in [5.74, 6) is -2.90. The summed E-state index contributed by atoms with van der Waals surface area (Å²) >= 11 is 1.29. The molecular formula is C13H18F2N2O2S. The third-order valence-electron chi connectivity index (χ3n) is 2.82. The average Bonchev–Trinajstić information content (AvgIpc) is 2.79. The van der Waals surface area contributed by atoms with E-state index in [1.807, 2.05) is 0 Å². The van der Waals surface area contributed by atoms with Crippen molar-refractivity contribution in [2.45, 2.75) is 51.7 Å². The van der Waals surface area contributed by atoms with Crippen LogP contribution < -0.4 is 0 Å². The van der Waals surface area contributed by atoms with Gasteiger partial charge in [0.05, 0.1) is 12.6 Å². The fourth-order valence-corrected chi connectivity index (χ4v) is 2.98. The lowest BCUT2D eigenvalue weighted by Gasteiger charge is -2.27. The molecular weight excluding hydrogens is 286 g/mol. The number of aryl methyl sites for hydroxylation is 1. The molecule has 2 rings (SSSR count). The van der Waals surface area contributed by atoms with Gasteiger partial charge in [0.1, 0.15) is 10.6 Å². The maximum absolute atomic E-state index is 13.7. The smallest absolute Gasteiger partial charge is 0.411 e. The standard InChI is InChI=1S/C13H18F2N2O2S/c1-8-6-20-10(16-8)9-5-13(14,15)7-17(9)11(18)19-12(2,3)4/h6,9H,5,7H2,1-4H3. The van der Waals surface area contributed by atoms with Crippen molar-refractivity contribution in [2.75, 3.05) is 6.54 Å². The Labute approximate surface area is 120 Å². The van der Waals surface area contributed by atoms with Crippen LogP contribution in [-0.2, 0) is 4.74 Å². The number of hydrogen-bond donors (Lipinski definition) is 0. The number of carbonyl (C=O) groups is 1. The van der Waals surface area contributed by atoms with Crippen LogP contribution in [0.2, 0.25) is 0 Å². The predicted molar refractivity (Wildman–Crippen MR) is 72.1 cm³/mol. The molecule has 0 radical (unpaired) electrons. The lowest BCUT2D eigenvalue weighted by molar-refractivity contribution is -0.00243. The highest BCUT2D eigenvalue weighted by Crippen LogP contribution is 2.42. The summed E-state index contributed by atoms with van der Waals surface area (Å²) < 4.78 is 32.5. The van der Waals surface area contributed by atoms with E-state index in [4.69, 9.17) is 4.74 Å². The molecule has 0 aliphatic carbocycles. The molecule has 0 spiro atoms. The third-order valence-corrected chi connectivity index (χ3v) is 3.88. The Morgan fingerprint density at radius 3 is 2.70 bits per heavy atom. The van der Waals surface area contributed by atoms with E-state index in [-0.39, 0.29) is 0 Å². The summed E-state index contributed by atoms with van der Waals surface area (Å²) in [6, 6.07) is -0.710. The van der Waals surface area contributed by atoms with E-state index in [1.165, 1.54) is 11.3 Å². The summed E-state index contributed by atoms with van der Waals surface area (Å²) in [6.07, 6.45) is -1.12. The Morgan fingerprint density at radius 1 is 1.55 bits per heavy atom. The van der Waals surface area contributed by atoms with Crippen LogP contribution in [0.4, 0.5) is 13.6 Å². The van der Waals surface area contributed by atoms with Crippen molar-refractivity contribution in [1.82, 2.24) is 9.88 Å². The molecule has 1 fully saturated rings. The zero-order chi connectivity index (χ0) is 15.1. The van der Waals surface area contributed by atoms with Crippen LogP contribution in [0.15, 0.2) is 5.38 Å². The summed E-state index contributed by atoms with van der Waals surface area (Å²) in [5, 5.41) is 2.32. The molecule has 1 atom stereocenters. The van der Waals surface area contributed by atoms with Crippen LogP contribution in [0.25, 0.3) is 0 Å². The van der Waals surface area contributed by atoms with Crippen LogP contribution in [0, 0.1) is 6.92 Å². The first-order valence-electron chi connectivity index (χ1n) is 6.37. The molecule has 1 aromatic heterocycles. The Hall–Kier alpha value is -1.24. The minimum atomic E-state index is -2.90. The number of carbonyl (C=O) groups excluding carboxylic acids is 1. The van der Waals surface area contributed by atoms with Gasteiger partial charge in [-0.15, -0.1) is 11.3 Å². The number of rotatable bonds is 1. The van der Waals surface area contributed by atoms with Crippen molar-refractivity contribution in [3.63, 3.8) is 0 Å². The lowest BCUT2D eigenvalue weighted by Crippen LogP contribution is -2.37. The molecule has 0 aromatic carbocycles. The molecule has 20 heavy (non-hydrogen) atoms. The molecule has 1 unspecified atom stereocenters. The Balaban J connectivity index is 2.22. The van der Waals surface area contributed by atoms with E-state index < -0.39 is 36.6 Å². The van der Waals surface area contributed by atoms with Gasteiger partial charge in [0.15, 0.2) is 0 Å². The number of alkyl halides is 2. The highest BCUT2D eigenvalue weighted by molar-refractivity contribution is 7.09. The first kappa shape index (κ1) is 15.2. The van der Waals surface area contributed by atoms with Gasteiger partial charge in [0, 0.05) is 17.5 Å². The topological polar surface area (TPSA) is 42.4 Å². The molecule has 2 heterocycles. The maximum atomic E-state index is 13.7. The number of ether oxygens (including phenoxy) is 1. The second kappa shape index (κ2) is 4.95. The van der Waals surface area contributed by atoms with Crippen molar-refractivity contribution < 1.29 is 18.3 Å².